The molecule has 2 saturated carbocycles. The SMILES string of the molecule is O=C(NCCC1CC2CCC1C2)NCC1(O)CCSC1. The maximum absolute atomic E-state index is 11.7. The van der Waals surface area contributed by atoms with Crippen molar-refractivity contribution in [3.05, 3.63) is 0 Å². The Labute approximate surface area is 125 Å². The van der Waals surface area contributed by atoms with Crippen molar-refractivity contribution in [2.75, 3.05) is 24.6 Å². The number of hydrogen-bond acceptors (Lipinski definition) is 3. The van der Waals surface area contributed by atoms with Crippen molar-refractivity contribution in [2.24, 2.45) is 17.8 Å². The number of hydrogen-bond donors (Lipinski definition) is 3. The number of carbonyl (C=O) groups is 1. The van der Waals surface area contributed by atoms with E-state index >= 15 is 0 Å². The molecule has 1 aliphatic heterocycles. The van der Waals surface area contributed by atoms with Crippen LogP contribution in [0.4, 0.5) is 4.79 Å². The minimum atomic E-state index is -0.688. The Morgan fingerprint density at radius 3 is 2.85 bits per heavy atom. The minimum Gasteiger partial charge on any atom is -0.387 e. The van der Waals surface area contributed by atoms with Gasteiger partial charge >= 0.3 is 6.03 Å². The summed E-state index contributed by atoms with van der Waals surface area (Å²) in [4.78, 5) is 11.7. The predicted octanol–water partition coefficient (Wildman–Crippen LogP) is 1.98. The zero-order valence-electron chi connectivity index (χ0n) is 12.1. The summed E-state index contributed by atoms with van der Waals surface area (Å²) in [5.41, 5.74) is -0.688. The zero-order chi connectivity index (χ0) is 14.0. The van der Waals surface area contributed by atoms with Crippen molar-refractivity contribution in [2.45, 2.75) is 44.1 Å². The van der Waals surface area contributed by atoms with Crippen LogP contribution in [0.25, 0.3) is 0 Å². The molecule has 0 radical (unpaired) electrons. The molecular weight excluding hydrogens is 272 g/mol. The van der Waals surface area contributed by atoms with Crippen molar-refractivity contribution >= 4 is 17.8 Å². The summed E-state index contributed by atoms with van der Waals surface area (Å²) in [5, 5.41) is 15.9. The van der Waals surface area contributed by atoms with Gasteiger partial charge in [0, 0.05) is 18.8 Å². The lowest BCUT2D eigenvalue weighted by Crippen LogP contribution is -2.46. The molecule has 0 aromatic rings. The highest BCUT2D eigenvalue weighted by Crippen LogP contribution is 2.49. The van der Waals surface area contributed by atoms with Crippen LogP contribution in [-0.2, 0) is 0 Å². The molecule has 2 amide bonds. The maximum atomic E-state index is 11.7. The first-order chi connectivity index (χ1) is 9.65. The van der Waals surface area contributed by atoms with E-state index in [4.69, 9.17) is 0 Å². The predicted molar refractivity (Wildman–Crippen MR) is 81.8 cm³/mol. The van der Waals surface area contributed by atoms with Gasteiger partial charge in [-0.3, -0.25) is 0 Å². The molecule has 0 aromatic heterocycles. The number of thioether (sulfide) groups is 1. The molecule has 20 heavy (non-hydrogen) atoms. The third kappa shape index (κ3) is 3.42. The first kappa shape index (κ1) is 14.5. The van der Waals surface area contributed by atoms with Gasteiger partial charge in [-0.25, -0.2) is 4.79 Å². The number of aliphatic hydroxyl groups is 1. The van der Waals surface area contributed by atoms with Gasteiger partial charge in [-0.1, -0.05) is 6.42 Å². The smallest absolute Gasteiger partial charge is 0.314 e. The van der Waals surface area contributed by atoms with Crippen LogP contribution < -0.4 is 10.6 Å². The fraction of sp³-hybridized carbons (Fsp3) is 0.933. The quantitative estimate of drug-likeness (QED) is 0.727. The Hall–Kier alpha value is -0.420. The summed E-state index contributed by atoms with van der Waals surface area (Å²) in [7, 11) is 0. The fourth-order valence-corrected chi connectivity index (χ4v) is 5.44. The van der Waals surface area contributed by atoms with Crippen LogP contribution in [-0.4, -0.2) is 41.3 Å². The van der Waals surface area contributed by atoms with E-state index in [1.54, 1.807) is 11.8 Å². The van der Waals surface area contributed by atoms with Crippen LogP contribution in [0.2, 0.25) is 0 Å². The highest BCUT2D eigenvalue weighted by atomic mass is 32.2. The average Bonchev–Trinajstić information content (AvgIpc) is 3.13. The largest absolute Gasteiger partial charge is 0.387 e. The summed E-state index contributed by atoms with van der Waals surface area (Å²) >= 11 is 1.75. The van der Waals surface area contributed by atoms with E-state index in [1.165, 1.54) is 25.7 Å². The first-order valence-corrected chi connectivity index (χ1v) is 9.12. The molecule has 1 saturated heterocycles. The Kier molecular flexibility index (Phi) is 4.46. The van der Waals surface area contributed by atoms with Crippen molar-refractivity contribution in [3.63, 3.8) is 0 Å². The van der Waals surface area contributed by atoms with Crippen LogP contribution in [0, 0.1) is 17.8 Å². The monoisotopic (exact) mass is 298 g/mol. The molecule has 3 rings (SSSR count). The second-order valence-electron chi connectivity index (χ2n) is 6.86. The fourth-order valence-electron chi connectivity index (χ4n) is 4.14. The van der Waals surface area contributed by atoms with Crippen molar-refractivity contribution in [3.8, 4) is 0 Å². The Balaban J connectivity index is 1.29. The Morgan fingerprint density at radius 2 is 2.20 bits per heavy atom. The molecule has 2 bridgehead atoms. The van der Waals surface area contributed by atoms with E-state index < -0.39 is 5.60 Å². The van der Waals surface area contributed by atoms with Crippen LogP contribution in [0.3, 0.4) is 0 Å². The molecule has 0 aromatic carbocycles. The Bertz CT molecular complexity index is 358. The second-order valence-corrected chi connectivity index (χ2v) is 7.97. The molecule has 5 heteroatoms. The van der Waals surface area contributed by atoms with Gasteiger partial charge in [0.2, 0.25) is 0 Å². The topological polar surface area (TPSA) is 61.4 Å². The molecule has 2 aliphatic carbocycles. The third-order valence-corrected chi connectivity index (χ3v) is 6.58. The van der Waals surface area contributed by atoms with Crippen LogP contribution >= 0.6 is 11.8 Å². The van der Waals surface area contributed by atoms with E-state index in [0.29, 0.717) is 6.54 Å². The van der Waals surface area contributed by atoms with Crippen molar-refractivity contribution in [1.29, 1.82) is 0 Å². The number of urea groups is 1. The van der Waals surface area contributed by atoms with Crippen molar-refractivity contribution in [1.82, 2.24) is 10.6 Å². The van der Waals surface area contributed by atoms with E-state index in [2.05, 4.69) is 10.6 Å². The molecule has 114 valence electrons. The molecule has 4 unspecified atom stereocenters. The van der Waals surface area contributed by atoms with Gasteiger partial charge in [0.05, 0.1) is 5.60 Å². The third-order valence-electron chi connectivity index (χ3n) is 5.35. The molecule has 3 aliphatic rings. The number of fused-ring (bicyclic) bond motifs is 2. The summed E-state index contributed by atoms with van der Waals surface area (Å²) in [6, 6.07) is -0.126. The van der Waals surface area contributed by atoms with Gasteiger partial charge < -0.3 is 15.7 Å². The molecular formula is C15H26N2O2S. The number of carbonyl (C=O) groups excluding carboxylic acids is 1. The standard InChI is InChI=1S/C15H26N2O2S/c18-14(17-9-15(19)4-6-20-10-15)16-5-3-13-8-11-1-2-12(13)7-11/h11-13,19H,1-10H2,(H2,16,17,18). The van der Waals surface area contributed by atoms with E-state index in [9.17, 15) is 9.90 Å². The molecule has 0 spiro atoms. The van der Waals surface area contributed by atoms with Gasteiger partial charge in [-0.15, -0.1) is 0 Å². The van der Waals surface area contributed by atoms with E-state index in [0.717, 1.165) is 48.6 Å². The molecule has 4 nitrogen and oxygen atoms in total. The highest BCUT2D eigenvalue weighted by Gasteiger charge is 2.38. The van der Waals surface area contributed by atoms with Gasteiger partial charge in [-0.2, -0.15) is 11.8 Å². The minimum absolute atomic E-state index is 0.126. The summed E-state index contributed by atoms with van der Waals surface area (Å²) in [6.45, 7) is 1.15. The molecule has 4 atom stereocenters. The lowest BCUT2D eigenvalue weighted by Gasteiger charge is -2.23. The van der Waals surface area contributed by atoms with Gasteiger partial charge in [0.1, 0.15) is 0 Å². The first-order valence-electron chi connectivity index (χ1n) is 7.96. The van der Waals surface area contributed by atoms with E-state index in [-0.39, 0.29) is 6.03 Å². The Morgan fingerprint density at radius 1 is 1.30 bits per heavy atom. The summed E-state index contributed by atoms with van der Waals surface area (Å²) in [6.07, 6.45) is 7.56. The number of nitrogens with one attached hydrogen (secondary N) is 2. The normalized spacial score (nSPS) is 39.1. The van der Waals surface area contributed by atoms with Crippen molar-refractivity contribution < 1.29 is 9.90 Å². The van der Waals surface area contributed by atoms with Gasteiger partial charge in [0.25, 0.3) is 0 Å². The average molecular weight is 298 g/mol. The van der Waals surface area contributed by atoms with Crippen LogP contribution in [0.15, 0.2) is 0 Å². The van der Waals surface area contributed by atoms with Gasteiger partial charge in [-0.05, 0) is 55.6 Å². The van der Waals surface area contributed by atoms with Crippen LogP contribution in [0.5, 0.6) is 0 Å². The van der Waals surface area contributed by atoms with Gasteiger partial charge in [0.15, 0.2) is 0 Å². The summed E-state index contributed by atoms with van der Waals surface area (Å²) in [5.74, 6) is 4.47. The number of amides is 2. The summed E-state index contributed by atoms with van der Waals surface area (Å²) < 4.78 is 0. The maximum Gasteiger partial charge on any atom is 0.314 e. The number of rotatable bonds is 5. The molecule has 3 fully saturated rings. The highest BCUT2D eigenvalue weighted by molar-refractivity contribution is 7.99. The zero-order valence-corrected chi connectivity index (χ0v) is 12.9. The van der Waals surface area contributed by atoms with E-state index in [1.807, 2.05) is 0 Å². The lowest BCUT2D eigenvalue weighted by molar-refractivity contribution is 0.0700. The molecule has 3 N–H and O–H groups in total. The van der Waals surface area contributed by atoms with Crippen LogP contribution in [0.1, 0.15) is 38.5 Å². The lowest BCUT2D eigenvalue weighted by atomic mass is 9.86. The second kappa shape index (κ2) is 6.14. The molecule has 1 heterocycles.